The van der Waals surface area contributed by atoms with Crippen LogP contribution < -0.4 is 4.74 Å². The van der Waals surface area contributed by atoms with Crippen LogP contribution in [0.2, 0.25) is 0 Å². The minimum absolute atomic E-state index is 0.334. The van der Waals surface area contributed by atoms with Crippen molar-refractivity contribution in [2.24, 2.45) is 0 Å². The highest BCUT2D eigenvalue weighted by Crippen LogP contribution is 2.44. The molecule has 1 aliphatic heterocycles. The summed E-state index contributed by atoms with van der Waals surface area (Å²) in [4.78, 5) is 0. The lowest BCUT2D eigenvalue weighted by molar-refractivity contribution is 0.363. The minimum Gasteiger partial charge on any atom is -0.507 e. The van der Waals surface area contributed by atoms with Gasteiger partial charge >= 0.3 is 0 Å². The van der Waals surface area contributed by atoms with Crippen molar-refractivity contribution in [1.82, 2.24) is 0 Å². The summed E-state index contributed by atoms with van der Waals surface area (Å²) < 4.78 is 5.96. The predicted octanol–water partition coefficient (Wildman–Crippen LogP) is 5.85. The summed E-state index contributed by atoms with van der Waals surface area (Å²) in [6.45, 7) is 0.616. The maximum Gasteiger partial charge on any atom is 0.134 e. The third-order valence-corrected chi connectivity index (χ3v) is 5.36. The highest BCUT2D eigenvalue weighted by Gasteiger charge is 2.16. The first kappa shape index (κ1) is 13.1. The Labute approximate surface area is 143 Å². The van der Waals surface area contributed by atoms with Gasteiger partial charge in [0, 0.05) is 21.7 Å². The van der Waals surface area contributed by atoms with Gasteiger partial charge in [-0.2, -0.15) is 0 Å². The Bertz CT molecular complexity index is 1350. The Morgan fingerprint density at radius 3 is 2.44 bits per heavy atom. The second-order valence-corrected chi connectivity index (χ2v) is 6.68. The van der Waals surface area contributed by atoms with Crippen molar-refractivity contribution in [1.29, 1.82) is 0 Å². The van der Waals surface area contributed by atoms with Crippen LogP contribution in [0.4, 0.5) is 0 Å². The monoisotopic (exact) mass is 322 g/mol. The van der Waals surface area contributed by atoms with Crippen LogP contribution in [0.1, 0.15) is 5.56 Å². The zero-order valence-corrected chi connectivity index (χ0v) is 13.4. The van der Waals surface area contributed by atoms with Gasteiger partial charge in [-0.15, -0.1) is 0 Å². The molecule has 25 heavy (non-hydrogen) atoms. The molecule has 0 atom stereocenters. The number of fused-ring (bicyclic) bond motifs is 4. The number of hydrogen-bond acceptors (Lipinski definition) is 2. The number of hydrogen-bond donors (Lipinski definition) is 1. The van der Waals surface area contributed by atoms with Gasteiger partial charge in [0.15, 0.2) is 0 Å². The van der Waals surface area contributed by atoms with E-state index in [1.165, 1.54) is 21.5 Å². The summed E-state index contributed by atoms with van der Waals surface area (Å²) in [5, 5.41) is 19.4. The fraction of sp³-hybridized carbons (Fsp3) is 0.0435. The molecule has 118 valence electrons. The first-order valence-electron chi connectivity index (χ1n) is 8.47. The highest BCUT2D eigenvalue weighted by molar-refractivity contribution is 6.30. The van der Waals surface area contributed by atoms with E-state index in [2.05, 4.69) is 42.5 Å². The molecule has 2 nitrogen and oxygen atoms in total. The predicted molar refractivity (Wildman–Crippen MR) is 104 cm³/mol. The van der Waals surface area contributed by atoms with E-state index >= 15 is 0 Å². The molecule has 1 aliphatic rings. The first-order chi connectivity index (χ1) is 12.3. The van der Waals surface area contributed by atoms with Crippen molar-refractivity contribution >= 4 is 49.2 Å². The van der Waals surface area contributed by atoms with Crippen LogP contribution >= 0.6 is 0 Å². The summed E-state index contributed by atoms with van der Waals surface area (Å²) in [7, 11) is 0. The molecule has 0 spiro atoms. The average molecular weight is 322 g/mol. The maximum atomic E-state index is 10.3. The topological polar surface area (TPSA) is 29.5 Å². The lowest BCUT2D eigenvalue weighted by atomic mass is 9.89. The zero-order valence-electron chi connectivity index (χ0n) is 13.4. The van der Waals surface area contributed by atoms with Gasteiger partial charge in [0.2, 0.25) is 0 Å². The lowest BCUT2D eigenvalue weighted by Crippen LogP contribution is -2.01. The van der Waals surface area contributed by atoms with Crippen molar-refractivity contribution < 1.29 is 9.84 Å². The van der Waals surface area contributed by atoms with E-state index in [1.807, 2.05) is 18.2 Å². The smallest absolute Gasteiger partial charge is 0.134 e. The number of phenols is 1. The molecule has 5 aromatic carbocycles. The molecule has 0 saturated carbocycles. The van der Waals surface area contributed by atoms with Gasteiger partial charge in [0.25, 0.3) is 0 Å². The van der Waals surface area contributed by atoms with E-state index in [0.29, 0.717) is 12.4 Å². The normalized spacial score (nSPS) is 13.8. The number of ether oxygens (including phenoxy) is 1. The van der Waals surface area contributed by atoms with Crippen LogP contribution in [-0.4, -0.2) is 11.7 Å². The van der Waals surface area contributed by atoms with E-state index in [-0.39, 0.29) is 0 Å². The van der Waals surface area contributed by atoms with Crippen LogP contribution in [0.5, 0.6) is 11.5 Å². The standard InChI is InChI=1S/C23H14O2/c24-20-10-6-13-3-4-15-12-19-16(7-5-14-2-1-11-25-23(14)19)17-8-9-18(20)21(13)22(15)17/h1-10,12,24H,11H2. The van der Waals surface area contributed by atoms with Crippen LogP contribution in [0.3, 0.4) is 0 Å². The molecule has 0 aliphatic carbocycles. The average Bonchev–Trinajstić information content (AvgIpc) is 2.67. The van der Waals surface area contributed by atoms with Gasteiger partial charge in [0.1, 0.15) is 18.1 Å². The molecule has 5 aromatic rings. The zero-order chi connectivity index (χ0) is 16.5. The molecule has 0 unspecified atom stereocenters. The summed E-state index contributed by atoms with van der Waals surface area (Å²) in [6.07, 6.45) is 4.17. The van der Waals surface area contributed by atoms with Gasteiger partial charge in [-0.05, 0) is 51.2 Å². The van der Waals surface area contributed by atoms with Gasteiger partial charge < -0.3 is 9.84 Å². The lowest BCUT2D eigenvalue weighted by Gasteiger charge is -2.18. The van der Waals surface area contributed by atoms with Gasteiger partial charge in [-0.3, -0.25) is 0 Å². The molecule has 0 aromatic heterocycles. The third-order valence-electron chi connectivity index (χ3n) is 5.36. The van der Waals surface area contributed by atoms with Crippen molar-refractivity contribution in [3.63, 3.8) is 0 Å². The second-order valence-electron chi connectivity index (χ2n) is 6.68. The molecular formula is C23H14O2. The van der Waals surface area contributed by atoms with Crippen molar-refractivity contribution in [3.05, 3.63) is 66.2 Å². The van der Waals surface area contributed by atoms with Gasteiger partial charge in [-0.1, -0.05) is 42.5 Å². The number of phenolic OH excluding ortho intramolecular Hbond substituents is 1. The van der Waals surface area contributed by atoms with E-state index in [9.17, 15) is 5.11 Å². The quantitative estimate of drug-likeness (QED) is 0.286. The molecule has 0 amide bonds. The first-order valence-corrected chi connectivity index (χ1v) is 8.47. The van der Waals surface area contributed by atoms with Crippen molar-refractivity contribution in [2.45, 2.75) is 0 Å². The Hall–Kier alpha value is -3.26. The molecule has 0 saturated heterocycles. The Morgan fingerprint density at radius 2 is 1.48 bits per heavy atom. The second kappa shape index (κ2) is 4.42. The van der Waals surface area contributed by atoms with Crippen LogP contribution in [0.25, 0.3) is 49.2 Å². The van der Waals surface area contributed by atoms with Crippen LogP contribution in [0, 0.1) is 0 Å². The summed E-state index contributed by atoms with van der Waals surface area (Å²) in [5.41, 5.74) is 1.13. The summed E-state index contributed by atoms with van der Waals surface area (Å²) >= 11 is 0. The molecule has 2 heteroatoms. The SMILES string of the molecule is Oc1ccc2ccc3cc4c5c(ccc4c4ccc1c2c34)C=CCO5. The highest BCUT2D eigenvalue weighted by atomic mass is 16.5. The number of benzene rings is 5. The molecule has 1 heterocycles. The van der Waals surface area contributed by atoms with Gasteiger partial charge in [-0.25, -0.2) is 0 Å². The molecular weight excluding hydrogens is 308 g/mol. The molecule has 0 bridgehead atoms. The van der Waals surface area contributed by atoms with E-state index in [0.717, 1.165) is 32.9 Å². The minimum atomic E-state index is 0.334. The van der Waals surface area contributed by atoms with E-state index in [4.69, 9.17) is 4.74 Å². The maximum absolute atomic E-state index is 10.3. The Kier molecular flexibility index (Phi) is 2.31. The fourth-order valence-electron chi connectivity index (χ4n) is 4.25. The largest absolute Gasteiger partial charge is 0.507 e. The summed E-state index contributed by atoms with van der Waals surface area (Å²) in [5.74, 6) is 1.30. The van der Waals surface area contributed by atoms with E-state index < -0.39 is 0 Å². The number of aromatic hydroxyl groups is 1. The van der Waals surface area contributed by atoms with Crippen molar-refractivity contribution in [3.8, 4) is 11.5 Å². The van der Waals surface area contributed by atoms with Gasteiger partial charge in [0.05, 0.1) is 0 Å². The van der Waals surface area contributed by atoms with Crippen molar-refractivity contribution in [2.75, 3.05) is 6.61 Å². The van der Waals surface area contributed by atoms with Crippen LogP contribution in [-0.2, 0) is 0 Å². The molecule has 0 radical (unpaired) electrons. The molecule has 6 rings (SSSR count). The number of rotatable bonds is 0. The fourth-order valence-corrected chi connectivity index (χ4v) is 4.25. The Balaban J connectivity index is 1.91. The van der Waals surface area contributed by atoms with Crippen LogP contribution in [0.15, 0.2) is 60.7 Å². The third kappa shape index (κ3) is 1.59. The molecule has 1 N–H and O–H groups in total. The molecule has 0 fully saturated rings. The Morgan fingerprint density at radius 1 is 0.720 bits per heavy atom. The van der Waals surface area contributed by atoms with E-state index in [1.54, 1.807) is 6.07 Å². The summed E-state index contributed by atoms with van der Waals surface area (Å²) in [6, 6.07) is 18.7.